The van der Waals surface area contributed by atoms with Gasteiger partial charge in [-0.15, -0.1) is 0 Å². The number of hydrogen-bond donors (Lipinski definition) is 1. The molecule has 0 aromatic heterocycles. The Morgan fingerprint density at radius 1 is 1.22 bits per heavy atom. The second kappa shape index (κ2) is 7.73. The number of urea groups is 1. The van der Waals surface area contributed by atoms with Crippen LogP contribution in [0.3, 0.4) is 0 Å². The number of benzene rings is 1. The number of anilines is 1. The van der Waals surface area contributed by atoms with Crippen LogP contribution in [-0.2, 0) is 0 Å². The molecule has 7 heteroatoms. The average Bonchev–Trinajstić information content (AvgIpc) is 2.58. The number of thioether (sulfide) groups is 1. The van der Waals surface area contributed by atoms with E-state index in [-0.39, 0.29) is 11.7 Å². The first-order valence-electron chi connectivity index (χ1n) is 7.96. The molecule has 2 heterocycles. The second-order valence-corrected chi connectivity index (χ2v) is 7.58. The van der Waals surface area contributed by atoms with E-state index < -0.39 is 5.82 Å². The van der Waals surface area contributed by atoms with Crippen molar-refractivity contribution in [3.8, 4) is 0 Å². The standard InChI is InChI=1S/C16H21ClFN3OS/c17-12-1-2-15(14(18)11-12)19-16(22)21-5-3-13(4-6-21)20-7-9-23-10-8-20/h1-2,11,13H,3-10H2,(H,19,22). The molecule has 1 aromatic carbocycles. The fourth-order valence-corrected chi connectivity index (χ4v) is 4.25. The van der Waals surface area contributed by atoms with E-state index in [1.807, 2.05) is 11.8 Å². The molecule has 0 saturated carbocycles. The van der Waals surface area contributed by atoms with Crippen LogP contribution >= 0.6 is 23.4 Å². The van der Waals surface area contributed by atoms with Crippen LogP contribution in [0.25, 0.3) is 0 Å². The first-order valence-corrected chi connectivity index (χ1v) is 9.49. The Morgan fingerprint density at radius 3 is 2.57 bits per heavy atom. The fourth-order valence-electron chi connectivity index (χ4n) is 3.16. The average molecular weight is 358 g/mol. The molecular formula is C16H21ClFN3OS. The van der Waals surface area contributed by atoms with E-state index in [0.29, 0.717) is 11.1 Å². The molecular weight excluding hydrogens is 337 g/mol. The summed E-state index contributed by atoms with van der Waals surface area (Å²) >= 11 is 7.73. The van der Waals surface area contributed by atoms with E-state index in [1.54, 1.807) is 11.0 Å². The molecule has 126 valence electrons. The Bertz CT molecular complexity index is 560. The monoisotopic (exact) mass is 357 g/mol. The first-order chi connectivity index (χ1) is 11.1. The summed E-state index contributed by atoms with van der Waals surface area (Å²) < 4.78 is 13.8. The minimum absolute atomic E-state index is 0.176. The number of nitrogens with one attached hydrogen (secondary N) is 1. The Hall–Kier alpha value is -0.980. The van der Waals surface area contributed by atoms with E-state index in [4.69, 9.17) is 11.6 Å². The minimum Gasteiger partial charge on any atom is -0.324 e. The van der Waals surface area contributed by atoms with Crippen molar-refractivity contribution in [2.75, 3.05) is 43.0 Å². The van der Waals surface area contributed by atoms with Crippen molar-refractivity contribution in [1.82, 2.24) is 9.80 Å². The van der Waals surface area contributed by atoms with Gasteiger partial charge in [0.2, 0.25) is 0 Å². The lowest BCUT2D eigenvalue weighted by Gasteiger charge is -2.40. The molecule has 0 radical (unpaired) electrons. The van der Waals surface area contributed by atoms with E-state index in [0.717, 1.165) is 39.0 Å². The summed E-state index contributed by atoms with van der Waals surface area (Å²) in [6.45, 7) is 3.74. The van der Waals surface area contributed by atoms with Crippen LogP contribution < -0.4 is 5.32 Å². The van der Waals surface area contributed by atoms with Crippen LogP contribution in [0, 0.1) is 5.82 Å². The quantitative estimate of drug-likeness (QED) is 0.879. The highest BCUT2D eigenvalue weighted by atomic mass is 35.5. The SMILES string of the molecule is O=C(Nc1ccc(Cl)cc1F)N1CCC(N2CCSCC2)CC1. The van der Waals surface area contributed by atoms with Crippen LogP contribution in [-0.4, -0.2) is 59.6 Å². The van der Waals surface area contributed by atoms with Crippen molar-refractivity contribution in [3.05, 3.63) is 29.0 Å². The number of amides is 2. The normalized spacial score (nSPS) is 20.5. The lowest BCUT2D eigenvalue weighted by atomic mass is 10.0. The molecule has 1 N–H and O–H groups in total. The van der Waals surface area contributed by atoms with Gasteiger partial charge in [0.25, 0.3) is 0 Å². The number of likely N-dealkylation sites (tertiary alicyclic amines) is 1. The molecule has 2 saturated heterocycles. The number of halogens is 2. The van der Waals surface area contributed by atoms with Crippen LogP contribution in [0.2, 0.25) is 5.02 Å². The number of carbonyl (C=O) groups excluding carboxylic acids is 1. The van der Waals surface area contributed by atoms with Gasteiger partial charge in [-0.3, -0.25) is 4.90 Å². The zero-order chi connectivity index (χ0) is 16.2. The van der Waals surface area contributed by atoms with E-state index in [1.165, 1.54) is 23.6 Å². The number of carbonyl (C=O) groups is 1. The zero-order valence-electron chi connectivity index (χ0n) is 12.9. The van der Waals surface area contributed by atoms with Gasteiger partial charge in [0.05, 0.1) is 5.69 Å². The second-order valence-electron chi connectivity index (χ2n) is 5.92. The van der Waals surface area contributed by atoms with Crippen molar-refractivity contribution in [2.24, 2.45) is 0 Å². The van der Waals surface area contributed by atoms with Crippen molar-refractivity contribution >= 4 is 35.1 Å². The van der Waals surface area contributed by atoms with Gasteiger partial charge in [0, 0.05) is 48.7 Å². The van der Waals surface area contributed by atoms with Gasteiger partial charge in [-0.1, -0.05) is 11.6 Å². The van der Waals surface area contributed by atoms with E-state index in [9.17, 15) is 9.18 Å². The van der Waals surface area contributed by atoms with Crippen LogP contribution in [0.5, 0.6) is 0 Å². The van der Waals surface area contributed by atoms with Crippen LogP contribution in [0.1, 0.15) is 12.8 Å². The third-order valence-corrected chi connectivity index (χ3v) is 5.66. The highest BCUT2D eigenvalue weighted by Crippen LogP contribution is 2.22. The number of hydrogen-bond acceptors (Lipinski definition) is 3. The molecule has 3 rings (SSSR count). The predicted octanol–water partition coefficient (Wildman–Crippen LogP) is 3.52. The highest BCUT2D eigenvalue weighted by molar-refractivity contribution is 7.99. The number of piperidine rings is 1. The summed E-state index contributed by atoms with van der Waals surface area (Å²) in [6.07, 6.45) is 1.97. The molecule has 0 spiro atoms. The summed E-state index contributed by atoms with van der Waals surface area (Å²) in [5, 5.41) is 2.96. The smallest absolute Gasteiger partial charge is 0.321 e. The maximum atomic E-state index is 13.8. The molecule has 4 nitrogen and oxygen atoms in total. The molecule has 2 aliphatic rings. The fraction of sp³-hybridized carbons (Fsp3) is 0.562. The van der Waals surface area contributed by atoms with Gasteiger partial charge in [0.1, 0.15) is 5.82 Å². The number of rotatable bonds is 2. The molecule has 0 bridgehead atoms. The first kappa shape index (κ1) is 16.9. The molecule has 0 aliphatic carbocycles. The molecule has 0 atom stereocenters. The van der Waals surface area contributed by atoms with Crippen molar-refractivity contribution in [3.63, 3.8) is 0 Å². The summed E-state index contributed by atoms with van der Waals surface area (Å²) in [5.41, 5.74) is 0.176. The minimum atomic E-state index is -0.508. The van der Waals surface area contributed by atoms with Crippen molar-refractivity contribution in [1.29, 1.82) is 0 Å². The Kier molecular flexibility index (Phi) is 5.67. The van der Waals surface area contributed by atoms with Gasteiger partial charge in [0.15, 0.2) is 0 Å². The summed E-state index contributed by atoms with van der Waals surface area (Å²) in [5.74, 6) is 1.90. The molecule has 2 aliphatic heterocycles. The largest absolute Gasteiger partial charge is 0.324 e. The van der Waals surface area contributed by atoms with Gasteiger partial charge < -0.3 is 10.2 Å². The topological polar surface area (TPSA) is 35.6 Å². The van der Waals surface area contributed by atoms with Crippen molar-refractivity contribution < 1.29 is 9.18 Å². The van der Waals surface area contributed by atoms with Gasteiger partial charge in [-0.25, -0.2) is 9.18 Å². The lowest BCUT2D eigenvalue weighted by molar-refractivity contribution is 0.130. The van der Waals surface area contributed by atoms with Crippen LogP contribution in [0.4, 0.5) is 14.9 Å². The van der Waals surface area contributed by atoms with E-state index >= 15 is 0 Å². The van der Waals surface area contributed by atoms with Crippen LogP contribution in [0.15, 0.2) is 18.2 Å². The Balaban J connectivity index is 1.51. The molecule has 1 aromatic rings. The summed E-state index contributed by atoms with van der Waals surface area (Å²) in [7, 11) is 0. The Labute approximate surface area is 145 Å². The van der Waals surface area contributed by atoms with Gasteiger partial charge in [-0.05, 0) is 31.0 Å². The molecule has 2 amide bonds. The predicted molar refractivity (Wildman–Crippen MR) is 93.9 cm³/mol. The van der Waals surface area contributed by atoms with Crippen molar-refractivity contribution in [2.45, 2.75) is 18.9 Å². The third kappa shape index (κ3) is 4.31. The maximum Gasteiger partial charge on any atom is 0.321 e. The number of nitrogens with zero attached hydrogens (tertiary/aromatic N) is 2. The molecule has 2 fully saturated rings. The van der Waals surface area contributed by atoms with Gasteiger partial charge >= 0.3 is 6.03 Å². The molecule has 0 unspecified atom stereocenters. The Morgan fingerprint density at radius 2 is 1.91 bits per heavy atom. The lowest BCUT2D eigenvalue weighted by Crippen LogP contribution is -2.49. The summed E-state index contributed by atoms with van der Waals surface area (Å²) in [4.78, 5) is 16.6. The molecule has 23 heavy (non-hydrogen) atoms. The van der Waals surface area contributed by atoms with E-state index in [2.05, 4.69) is 10.2 Å². The maximum absolute atomic E-state index is 13.8. The summed E-state index contributed by atoms with van der Waals surface area (Å²) in [6, 6.07) is 4.61. The third-order valence-electron chi connectivity index (χ3n) is 4.49. The highest BCUT2D eigenvalue weighted by Gasteiger charge is 2.27. The zero-order valence-corrected chi connectivity index (χ0v) is 14.5. The van der Waals surface area contributed by atoms with Gasteiger partial charge in [-0.2, -0.15) is 11.8 Å².